The molecule has 8 heteroatoms. The SMILES string of the molecule is Cc1cc(N2CCN(C(C)c3ccc(Cl)cc3Cl)CC2)nc(-c2cn3ccnc3cc2C)n1. The molecule has 1 fully saturated rings. The summed E-state index contributed by atoms with van der Waals surface area (Å²) in [6.45, 7) is 9.96. The van der Waals surface area contributed by atoms with Crippen molar-refractivity contribution in [1.82, 2.24) is 24.3 Å². The van der Waals surface area contributed by atoms with Crippen molar-refractivity contribution in [1.29, 1.82) is 0 Å². The van der Waals surface area contributed by atoms with Gasteiger partial charge in [0, 0.05) is 78.2 Å². The number of rotatable bonds is 4. The number of imidazole rings is 1. The van der Waals surface area contributed by atoms with Gasteiger partial charge in [-0.25, -0.2) is 15.0 Å². The molecule has 0 aliphatic carbocycles. The van der Waals surface area contributed by atoms with Gasteiger partial charge in [-0.3, -0.25) is 4.90 Å². The maximum Gasteiger partial charge on any atom is 0.163 e. The first-order valence-corrected chi connectivity index (χ1v) is 11.9. The van der Waals surface area contributed by atoms with Gasteiger partial charge in [0.2, 0.25) is 0 Å². The van der Waals surface area contributed by atoms with E-state index in [-0.39, 0.29) is 6.04 Å². The van der Waals surface area contributed by atoms with Gasteiger partial charge in [0.05, 0.1) is 0 Å². The first-order chi connectivity index (χ1) is 15.9. The van der Waals surface area contributed by atoms with Gasteiger partial charge in [-0.2, -0.15) is 0 Å². The Morgan fingerprint density at radius 2 is 1.76 bits per heavy atom. The van der Waals surface area contributed by atoms with Crippen molar-refractivity contribution < 1.29 is 0 Å². The number of halogens is 2. The van der Waals surface area contributed by atoms with E-state index in [4.69, 9.17) is 33.2 Å². The van der Waals surface area contributed by atoms with Crippen LogP contribution in [0.5, 0.6) is 0 Å². The summed E-state index contributed by atoms with van der Waals surface area (Å²) in [6.07, 6.45) is 5.81. The Kier molecular flexibility index (Phi) is 5.99. The van der Waals surface area contributed by atoms with Crippen LogP contribution in [-0.4, -0.2) is 50.4 Å². The summed E-state index contributed by atoms with van der Waals surface area (Å²) in [5.41, 5.74) is 5.14. The number of anilines is 1. The number of nitrogens with zero attached hydrogens (tertiary/aromatic N) is 6. The molecule has 3 aromatic heterocycles. The number of hydrogen-bond donors (Lipinski definition) is 0. The van der Waals surface area contributed by atoms with E-state index in [1.165, 1.54) is 0 Å². The lowest BCUT2D eigenvalue weighted by Gasteiger charge is -2.39. The van der Waals surface area contributed by atoms with Crippen LogP contribution in [0.3, 0.4) is 0 Å². The van der Waals surface area contributed by atoms with Gasteiger partial charge in [-0.15, -0.1) is 0 Å². The van der Waals surface area contributed by atoms with E-state index >= 15 is 0 Å². The molecule has 0 N–H and O–H groups in total. The minimum atomic E-state index is 0.226. The molecule has 6 nitrogen and oxygen atoms in total. The molecule has 0 amide bonds. The standard InChI is InChI=1S/C25H26Cl2N6/c1-16-12-23-28-6-7-33(23)15-21(16)25-29-17(2)13-24(30-25)32-10-8-31(9-11-32)18(3)20-5-4-19(26)14-22(20)27/h4-7,12-15,18H,8-11H2,1-3H3. The molecular formula is C25H26Cl2N6. The van der Waals surface area contributed by atoms with Crippen LogP contribution in [0, 0.1) is 13.8 Å². The Morgan fingerprint density at radius 1 is 0.970 bits per heavy atom. The molecule has 4 heterocycles. The summed E-state index contributed by atoms with van der Waals surface area (Å²) in [5, 5.41) is 1.39. The van der Waals surface area contributed by atoms with Crippen molar-refractivity contribution in [2.24, 2.45) is 0 Å². The second-order valence-electron chi connectivity index (χ2n) is 8.62. The average molecular weight is 481 g/mol. The van der Waals surface area contributed by atoms with Gasteiger partial charge in [0.25, 0.3) is 0 Å². The van der Waals surface area contributed by atoms with E-state index in [1.54, 1.807) is 6.20 Å². The lowest BCUT2D eigenvalue weighted by atomic mass is 10.1. The van der Waals surface area contributed by atoms with Crippen molar-refractivity contribution in [2.75, 3.05) is 31.1 Å². The Morgan fingerprint density at radius 3 is 2.52 bits per heavy atom. The van der Waals surface area contributed by atoms with Crippen LogP contribution in [0.15, 0.2) is 48.9 Å². The molecule has 4 aromatic rings. The van der Waals surface area contributed by atoms with Crippen LogP contribution in [0.25, 0.3) is 17.0 Å². The van der Waals surface area contributed by atoms with E-state index in [0.29, 0.717) is 5.02 Å². The highest BCUT2D eigenvalue weighted by Gasteiger charge is 2.25. The Labute approximate surface area is 203 Å². The van der Waals surface area contributed by atoms with Crippen molar-refractivity contribution in [3.8, 4) is 11.4 Å². The zero-order valence-corrected chi connectivity index (χ0v) is 20.5. The van der Waals surface area contributed by atoms with Gasteiger partial charge in [0.15, 0.2) is 5.82 Å². The molecule has 1 aromatic carbocycles. The fourth-order valence-corrected chi connectivity index (χ4v) is 5.07. The topological polar surface area (TPSA) is 49.6 Å². The van der Waals surface area contributed by atoms with Crippen LogP contribution in [-0.2, 0) is 0 Å². The summed E-state index contributed by atoms with van der Waals surface area (Å²) < 4.78 is 2.01. The average Bonchev–Trinajstić information content (AvgIpc) is 3.25. The lowest BCUT2D eigenvalue weighted by molar-refractivity contribution is 0.198. The monoisotopic (exact) mass is 480 g/mol. The molecule has 5 rings (SSSR count). The summed E-state index contributed by atoms with van der Waals surface area (Å²) in [4.78, 5) is 18.9. The van der Waals surface area contributed by atoms with Crippen LogP contribution in [0.4, 0.5) is 5.82 Å². The molecule has 0 radical (unpaired) electrons. The molecular weight excluding hydrogens is 455 g/mol. The molecule has 170 valence electrons. The smallest absolute Gasteiger partial charge is 0.163 e. The Hall–Kier alpha value is -2.67. The number of benzene rings is 1. The maximum absolute atomic E-state index is 6.46. The molecule has 0 spiro atoms. The van der Waals surface area contributed by atoms with Gasteiger partial charge < -0.3 is 9.30 Å². The largest absolute Gasteiger partial charge is 0.354 e. The maximum atomic E-state index is 6.46. The minimum Gasteiger partial charge on any atom is -0.354 e. The quantitative estimate of drug-likeness (QED) is 0.380. The fraction of sp³-hybridized carbons (Fsp3) is 0.320. The van der Waals surface area contributed by atoms with Gasteiger partial charge in [-0.1, -0.05) is 29.3 Å². The fourth-order valence-electron chi connectivity index (χ4n) is 4.50. The van der Waals surface area contributed by atoms with E-state index in [2.05, 4.69) is 47.0 Å². The van der Waals surface area contributed by atoms with Crippen LogP contribution in [0.1, 0.15) is 29.8 Å². The van der Waals surface area contributed by atoms with Crippen LogP contribution >= 0.6 is 23.2 Å². The third kappa shape index (κ3) is 4.43. The van der Waals surface area contributed by atoms with Gasteiger partial charge in [-0.05, 0) is 50.1 Å². The zero-order chi connectivity index (χ0) is 23.1. The summed E-state index contributed by atoms with van der Waals surface area (Å²) >= 11 is 12.5. The highest BCUT2D eigenvalue weighted by Crippen LogP contribution is 2.31. The van der Waals surface area contributed by atoms with Crippen molar-refractivity contribution in [3.63, 3.8) is 0 Å². The number of fused-ring (bicyclic) bond motifs is 1. The molecule has 1 saturated heterocycles. The zero-order valence-electron chi connectivity index (χ0n) is 19.0. The number of aromatic nitrogens is 4. The van der Waals surface area contributed by atoms with Crippen molar-refractivity contribution in [2.45, 2.75) is 26.8 Å². The van der Waals surface area contributed by atoms with E-state index in [1.807, 2.05) is 35.7 Å². The second kappa shape index (κ2) is 8.93. The predicted molar refractivity (Wildman–Crippen MR) is 134 cm³/mol. The van der Waals surface area contributed by atoms with Crippen LogP contribution in [0.2, 0.25) is 10.0 Å². The predicted octanol–water partition coefficient (Wildman–Crippen LogP) is 5.60. The van der Waals surface area contributed by atoms with E-state index in [0.717, 1.165) is 70.9 Å². The van der Waals surface area contributed by atoms with E-state index in [9.17, 15) is 0 Å². The normalized spacial score (nSPS) is 15.8. The minimum absolute atomic E-state index is 0.226. The summed E-state index contributed by atoms with van der Waals surface area (Å²) in [7, 11) is 0. The number of aryl methyl sites for hydroxylation is 2. The molecule has 0 saturated carbocycles. The molecule has 33 heavy (non-hydrogen) atoms. The third-order valence-corrected chi connectivity index (χ3v) is 6.98. The van der Waals surface area contributed by atoms with Gasteiger partial charge >= 0.3 is 0 Å². The van der Waals surface area contributed by atoms with E-state index < -0.39 is 0 Å². The van der Waals surface area contributed by atoms with Crippen molar-refractivity contribution in [3.05, 3.63) is 75.8 Å². The van der Waals surface area contributed by atoms with Crippen molar-refractivity contribution >= 4 is 34.7 Å². The lowest BCUT2D eigenvalue weighted by Crippen LogP contribution is -2.47. The summed E-state index contributed by atoms with van der Waals surface area (Å²) in [5.74, 6) is 1.72. The van der Waals surface area contributed by atoms with Gasteiger partial charge in [0.1, 0.15) is 11.5 Å². The number of piperazine rings is 1. The summed E-state index contributed by atoms with van der Waals surface area (Å²) in [6, 6.07) is 10.1. The first kappa shape index (κ1) is 22.1. The number of hydrogen-bond acceptors (Lipinski definition) is 5. The number of pyridine rings is 1. The molecule has 1 aliphatic heterocycles. The highest BCUT2D eigenvalue weighted by molar-refractivity contribution is 6.35. The Bertz CT molecular complexity index is 1310. The molecule has 1 atom stereocenters. The first-order valence-electron chi connectivity index (χ1n) is 11.1. The highest BCUT2D eigenvalue weighted by atomic mass is 35.5. The second-order valence-corrected chi connectivity index (χ2v) is 9.46. The molecule has 1 aliphatic rings. The third-order valence-electron chi connectivity index (χ3n) is 6.42. The Balaban J connectivity index is 1.35. The molecule has 0 bridgehead atoms. The molecule has 1 unspecified atom stereocenters. The van der Waals surface area contributed by atoms with Crippen LogP contribution < -0.4 is 4.90 Å².